The van der Waals surface area contributed by atoms with Gasteiger partial charge in [0.15, 0.2) is 5.82 Å². The van der Waals surface area contributed by atoms with E-state index in [-0.39, 0.29) is 17.6 Å². The molecule has 40 heavy (non-hydrogen) atoms. The fourth-order valence-corrected chi connectivity index (χ4v) is 7.83. The number of nitrogens with zero attached hydrogens (tertiary/aromatic N) is 6. The van der Waals surface area contributed by atoms with Crippen molar-refractivity contribution in [3.05, 3.63) is 57.2 Å². The average Bonchev–Trinajstić information content (AvgIpc) is 3.56. The molecular formula is C31H40N6O2S. The van der Waals surface area contributed by atoms with Crippen LogP contribution in [0, 0.1) is 26.2 Å². The number of amides is 1. The van der Waals surface area contributed by atoms with Crippen LogP contribution >= 0.6 is 11.3 Å². The van der Waals surface area contributed by atoms with Gasteiger partial charge in [0, 0.05) is 46.9 Å². The molecule has 2 fully saturated rings. The lowest BCUT2D eigenvalue weighted by molar-refractivity contribution is 0.0260. The molecule has 1 saturated carbocycles. The smallest absolute Gasteiger partial charge is 0.410 e. The predicted octanol–water partition coefficient (Wildman–Crippen LogP) is 6.85. The summed E-state index contributed by atoms with van der Waals surface area (Å²) in [5.74, 6) is 2.22. The average molecular weight is 561 g/mol. The summed E-state index contributed by atoms with van der Waals surface area (Å²) >= 11 is 1.78. The monoisotopic (exact) mass is 560 g/mol. The van der Waals surface area contributed by atoms with E-state index in [1.165, 1.54) is 16.0 Å². The molecule has 1 amide bonds. The van der Waals surface area contributed by atoms with Crippen LogP contribution in [0.1, 0.15) is 111 Å². The molecule has 3 aromatic rings. The molecule has 0 N–H and O–H groups in total. The molecule has 5 heterocycles. The van der Waals surface area contributed by atoms with Crippen molar-refractivity contribution in [3.8, 4) is 5.00 Å². The fourth-order valence-electron chi connectivity index (χ4n) is 6.62. The van der Waals surface area contributed by atoms with Crippen LogP contribution in [0.15, 0.2) is 23.3 Å². The van der Waals surface area contributed by atoms with Gasteiger partial charge in [-0.2, -0.15) is 0 Å². The van der Waals surface area contributed by atoms with E-state index in [4.69, 9.17) is 14.7 Å². The van der Waals surface area contributed by atoms with E-state index in [1.54, 1.807) is 11.3 Å². The molecule has 0 aromatic carbocycles. The van der Waals surface area contributed by atoms with E-state index >= 15 is 0 Å². The molecule has 0 radical (unpaired) electrons. The third kappa shape index (κ3) is 4.76. The molecule has 212 valence electrons. The number of hydrogen-bond acceptors (Lipinski definition) is 7. The number of carbonyl (C=O) groups is 1. The Balaban J connectivity index is 1.19. The summed E-state index contributed by atoms with van der Waals surface area (Å²) in [6, 6.07) is 4.31. The zero-order valence-electron chi connectivity index (χ0n) is 24.7. The molecule has 1 spiro atoms. The lowest BCUT2D eigenvalue weighted by Crippen LogP contribution is -2.37. The number of ether oxygens (including phenoxy) is 1. The number of carbonyl (C=O) groups excluding carboxylic acids is 1. The Kier molecular flexibility index (Phi) is 6.63. The maximum atomic E-state index is 12.6. The van der Waals surface area contributed by atoms with Crippen LogP contribution < -0.4 is 0 Å². The number of fused-ring (bicyclic) bond motifs is 3. The van der Waals surface area contributed by atoms with Crippen molar-refractivity contribution in [2.24, 2.45) is 10.4 Å². The quantitative estimate of drug-likeness (QED) is 0.342. The molecule has 3 aromatic heterocycles. The number of rotatable bonds is 2. The second-order valence-corrected chi connectivity index (χ2v) is 14.2. The molecule has 1 atom stereocenters. The Morgan fingerprint density at radius 1 is 1.10 bits per heavy atom. The van der Waals surface area contributed by atoms with Gasteiger partial charge in [0.25, 0.3) is 0 Å². The lowest BCUT2D eigenvalue weighted by Gasteiger charge is -2.37. The number of hydrogen-bond donors (Lipinski definition) is 0. The number of likely N-dealkylation sites (tertiary alicyclic amines) is 1. The van der Waals surface area contributed by atoms with Crippen LogP contribution in [0.5, 0.6) is 0 Å². The Morgan fingerprint density at radius 2 is 1.85 bits per heavy atom. The molecule has 0 bridgehead atoms. The molecule has 2 aliphatic heterocycles. The number of aryl methyl sites for hydroxylation is 2. The number of pyridine rings is 1. The Labute approximate surface area is 240 Å². The first-order valence-corrected chi connectivity index (χ1v) is 15.3. The summed E-state index contributed by atoms with van der Waals surface area (Å²) in [5.41, 5.74) is 5.39. The van der Waals surface area contributed by atoms with Gasteiger partial charge in [-0.05, 0) is 104 Å². The van der Waals surface area contributed by atoms with E-state index in [0.717, 1.165) is 78.8 Å². The van der Waals surface area contributed by atoms with Crippen LogP contribution in [-0.4, -0.2) is 55.1 Å². The number of thiophene rings is 1. The summed E-state index contributed by atoms with van der Waals surface area (Å²) in [6.07, 6.45) is 7.37. The third-order valence-electron chi connectivity index (χ3n) is 8.97. The minimum Gasteiger partial charge on any atom is -0.444 e. The largest absolute Gasteiger partial charge is 0.444 e. The van der Waals surface area contributed by atoms with Crippen molar-refractivity contribution in [1.29, 1.82) is 0 Å². The van der Waals surface area contributed by atoms with Crippen LogP contribution in [0.4, 0.5) is 4.79 Å². The van der Waals surface area contributed by atoms with E-state index in [2.05, 4.69) is 47.7 Å². The molecule has 1 saturated heterocycles. The lowest BCUT2D eigenvalue weighted by atomic mass is 9.69. The molecule has 8 nitrogen and oxygen atoms in total. The highest BCUT2D eigenvalue weighted by molar-refractivity contribution is 7.15. The van der Waals surface area contributed by atoms with Gasteiger partial charge >= 0.3 is 6.09 Å². The molecule has 3 aliphatic rings. The van der Waals surface area contributed by atoms with Crippen molar-refractivity contribution in [2.45, 2.75) is 98.1 Å². The molecule has 6 rings (SSSR count). The maximum Gasteiger partial charge on any atom is 0.410 e. The van der Waals surface area contributed by atoms with Crippen molar-refractivity contribution in [3.63, 3.8) is 0 Å². The first-order chi connectivity index (χ1) is 18.9. The SMILES string of the molecule is Cc1sc2c(c1C)C(c1ccc(C3CCC4(CC3)CCN(C(=O)OC(C)(C)C)C4)nc1)=N[C@@H](C)c1nnc(C)n1-2. The minimum atomic E-state index is -0.455. The molecule has 1 aliphatic carbocycles. The molecule has 0 unspecified atom stereocenters. The Morgan fingerprint density at radius 3 is 2.52 bits per heavy atom. The van der Waals surface area contributed by atoms with Crippen molar-refractivity contribution >= 4 is 23.1 Å². The van der Waals surface area contributed by atoms with Crippen molar-refractivity contribution < 1.29 is 9.53 Å². The fraction of sp³-hybridized carbons (Fsp3) is 0.581. The second kappa shape index (κ2) is 9.79. The summed E-state index contributed by atoms with van der Waals surface area (Å²) in [6.45, 7) is 15.8. The topological polar surface area (TPSA) is 85.5 Å². The van der Waals surface area contributed by atoms with Crippen molar-refractivity contribution in [2.75, 3.05) is 13.1 Å². The first-order valence-electron chi connectivity index (χ1n) is 14.5. The van der Waals surface area contributed by atoms with E-state index < -0.39 is 5.60 Å². The third-order valence-corrected chi connectivity index (χ3v) is 10.2. The summed E-state index contributed by atoms with van der Waals surface area (Å²) < 4.78 is 7.81. The van der Waals surface area contributed by atoms with Crippen LogP contribution in [0.2, 0.25) is 0 Å². The molecular weight excluding hydrogens is 520 g/mol. The van der Waals surface area contributed by atoms with Crippen LogP contribution in [0.25, 0.3) is 5.00 Å². The van der Waals surface area contributed by atoms with E-state index in [1.807, 2.05) is 38.8 Å². The maximum absolute atomic E-state index is 12.6. The highest BCUT2D eigenvalue weighted by Gasteiger charge is 2.43. The van der Waals surface area contributed by atoms with Gasteiger partial charge in [-0.15, -0.1) is 21.5 Å². The first kappa shape index (κ1) is 27.1. The van der Waals surface area contributed by atoms with Gasteiger partial charge in [0.1, 0.15) is 22.5 Å². The zero-order valence-corrected chi connectivity index (χ0v) is 25.6. The normalized spacial score (nSPS) is 24.5. The Bertz CT molecular complexity index is 1470. The summed E-state index contributed by atoms with van der Waals surface area (Å²) in [7, 11) is 0. The van der Waals surface area contributed by atoms with Gasteiger partial charge in [-0.1, -0.05) is 0 Å². The van der Waals surface area contributed by atoms with Gasteiger partial charge in [0.2, 0.25) is 0 Å². The second-order valence-electron chi connectivity index (χ2n) is 13.0. The van der Waals surface area contributed by atoms with Gasteiger partial charge in [-0.25, -0.2) is 4.79 Å². The zero-order chi connectivity index (χ0) is 28.4. The highest BCUT2D eigenvalue weighted by Crippen LogP contribution is 2.48. The van der Waals surface area contributed by atoms with Crippen molar-refractivity contribution in [1.82, 2.24) is 24.6 Å². The van der Waals surface area contributed by atoms with Gasteiger partial charge in [0.05, 0.1) is 5.71 Å². The number of aromatic nitrogens is 4. The Hall–Kier alpha value is -3.07. The summed E-state index contributed by atoms with van der Waals surface area (Å²) in [4.78, 5) is 26.0. The van der Waals surface area contributed by atoms with Crippen LogP contribution in [0.3, 0.4) is 0 Å². The predicted molar refractivity (Wildman–Crippen MR) is 158 cm³/mol. The highest BCUT2D eigenvalue weighted by atomic mass is 32.1. The molecule has 9 heteroatoms. The standard InChI is InChI=1S/C31H40N6O2S/c1-18-20(3)40-28-25(18)26(33-19(2)27-35-34-21(4)37(27)28)23-8-9-24(32-16-23)22-10-12-31(13-11-22)14-15-36(17-31)29(38)39-30(5,6)7/h8-9,16,19,22H,10-15,17H2,1-7H3/t19-,22?,31?/m0/s1. The van der Waals surface area contributed by atoms with Crippen LogP contribution in [-0.2, 0) is 4.74 Å². The minimum absolute atomic E-state index is 0.101. The van der Waals surface area contributed by atoms with Gasteiger partial charge < -0.3 is 9.64 Å². The van der Waals surface area contributed by atoms with E-state index in [0.29, 0.717) is 5.92 Å². The summed E-state index contributed by atoms with van der Waals surface area (Å²) in [5, 5.41) is 9.97. The van der Waals surface area contributed by atoms with E-state index in [9.17, 15) is 4.79 Å². The van der Waals surface area contributed by atoms with Gasteiger partial charge in [-0.3, -0.25) is 14.5 Å². The number of aliphatic imine (C=N–C) groups is 1.